The minimum atomic E-state index is -0.482. The van der Waals surface area contributed by atoms with Crippen LogP contribution in [0.2, 0.25) is 0 Å². The zero-order valence-electron chi connectivity index (χ0n) is 9.66. The predicted molar refractivity (Wildman–Crippen MR) is 72.3 cm³/mol. The summed E-state index contributed by atoms with van der Waals surface area (Å²) in [4.78, 5) is 17.2. The Labute approximate surface area is 110 Å². The molecule has 1 aromatic rings. The number of amides is 1. The van der Waals surface area contributed by atoms with Gasteiger partial charge >= 0.3 is 0 Å². The first-order valence-corrected chi connectivity index (χ1v) is 6.81. The highest BCUT2D eigenvalue weighted by Crippen LogP contribution is 2.30. The maximum absolute atomic E-state index is 12.1. The third kappa shape index (κ3) is 2.47. The summed E-state index contributed by atoms with van der Waals surface area (Å²) in [5.74, 6) is -0.120. The lowest BCUT2D eigenvalue weighted by Gasteiger charge is -2.28. The Morgan fingerprint density at radius 3 is 2.71 bits per heavy atom. The van der Waals surface area contributed by atoms with E-state index in [9.17, 15) is 4.79 Å². The first kappa shape index (κ1) is 12.4. The first-order valence-electron chi connectivity index (χ1n) is 5.58. The molecule has 0 unspecified atom stereocenters. The number of nitrogens with one attached hydrogen (secondary N) is 1. The molecule has 1 amide bonds. The number of aromatic nitrogens is 1. The maximum Gasteiger partial charge on any atom is 0.263 e. The zero-order valence-corrected chi connectivity index (χ0v) is 11.3. The minimum Gasteiger partial charge on any atom is -0.391 e. The minimum absolute atomic E-state index is 0.120. The van der Waals surface area contributed by atoms with Crippen molar-refractivity contribution in [1.82, 2.24) is 10.3 Å². The van der Waals surface area contributed by atoms with Crippen molar-refractivity contribution in [2.75, 3.05) is 0 Å². The summed E-state index contributed by atoms with van der Waals surface area (Å²) in [7, 11) is 0. The Hall–Kier alpha value is -1.01. The van der Waals surface area contributed by atoms with Crippen LogP contribution in [-0.2, 0) is 0 Å². The third-order valence-corrected chi connectivity index (χ3v) is 4.43. The molecular formula is C11H15N3OS2. The fraction of sp³-hybridized carbons (Fsp3) is 0.545. The Morgan fingerprint density at radius 1 is 1.59 bits per heavy atom. The number of hydrogen-bond acceptors (Lipinski definition) is 4. The highest BCUT2D eigenvalue weighted by atomic mass is 32.1. The van der Waals surface area contributed by atoms with Crippen LogP contribution in [0.3, 0.4) is 0 Å². The number of aryl methyl sites for hydroxylation is 1. The van der Waals surface area contributed by atoms with Gasteiger partial charge in [0, 0.05) is 0 Å². The lowest BCUT2D eigenvalue weighted by Crippen LogP contribution is -2.54. The smallest absolute Gasteiger partial charge is 0.263 e. The number of rotatable bonds is 3. The quantitative estimate of drug-likeness (QED) is 0.821. The molecule has 1 aromatic heterocycles. The van der Waals surface area contributed by atoms with Crippen molar-refractivity contribution in [3.8, 4) is 0 Å². The summed E-state index contributed by atoms with van der Waals surface area (Å²) in [6.45, 7) is 1.88. The van der Waals surface area contributed by atoms with Crippen LogP contribution >= 0.6 is 23.6 Å². The van der Waals surface area contributed by atoms with Crippen LogP contribution in [0, 0.1) is 6.92 Å². The van der Waals surface area contributed by atoms with Crippen molar-refractivity contribution in [3.63, 3.8) is 0 Å². The van der Waals surface area contributed by atoms with E-state index in [1.54, 1.807) is 6.20 Å². The van der Waals surface area contributed by atoms with E-state index in [2.05, 4.69) is 10.3 Å². The molecular weight excluding hydrogens is 254 g/mol. The molecule has 0 atom stereocenters. The van der Waals surface area contributed by atoms with Crippen molar-refractivity contribution in [2.24, 2.45) is 5.73 Å². The number of nitrogens with zero attached hydrogens (tertiary/aromatic N) is 1. The monoisotopic (exact) mass is 269 g/mol. The lowest BCUT2D eigenvalue weighted by atomic mass is 9.97. The Balaban J connectivity index is 2.14. The molecule has 92 valence electrons. The van der Waals surface area contributed by atoms with Crippen LogP contribution in [0.4, 0.5) is 0 Å². The average molecular weight is 269 g/mol. The molecule has 1 aliphatic rings. The molecule has 3 N–H and O–H groups in total. The van der Waals surface area contributed by atoms with Gasteiger partial charge in [-0.3, -0.25) is 4.79 Å². The molecule has 0 bridgehead atoms. The van der Waals surface area contributed by atoms with Crippen molar-refractivity contribution < 1.29 is 4.79 Å². The Morgan fingerprint density at radius 2 is 2.24 bits per heavy atom. The van der Waals surface area contributed by atoms with E-state index < -0.39 is 5.54 Å². The van der Waals surface area contributed by atoms with Crippen LogP contribution in [0.1, 0.15) is 40.4 Å². The zero-order chi connectivity index (χ0) is 12.5. The van der Waals surface area contributed by atoms with Gasteiger partial charge in [0.05, 0.1) is 21.7 Å². The molecule has 1 aliphatic carbocycles. The topological polar surface area (TPSA) is 68.0 Å². The van der Waals surface area contributed by atoms with Crippen molar-refractivity contribution in [2.45, 2.75) is 38.1 Å². The third-order valence-electron chi connectivity index (χ3n) is 3.13. The second kappa shape index (κ2) is 4.70. The number of hydrogen-bond donors (Lipinski definition) is 2. The molecule has 0 aliphatic heterocycles. The van der Waals surface area contributed by atoms with E-state index in [4.69, 9.17) is 18.0 Å². The van der Waals surface area contributed by atoms with Gasteiger partial charge in [0.2, 0.25) is 0 Å². The number of nitrogens with two attached hydrogens (primary N) is 1. The highest BCUT2D eigenvalue weighted by Gasteiger charge is 2.38. The maximum atomic E-state index is 12.1. The molecule has 1 saturated carbocycles. The van der Waals surface area contributed by atoms with Crippen LogP contribution < -0.4 is 11.1 Å². The second-order valence-electron chi connectivity index (χ2n) is 4.35. The molecule has 0 spiro atoms. The van der Waals surface area contributed by atoms with Gasteiger partial charge in [0.15, 0.2) is 0 Å². The van der Waals surface area contributed by atoms with Gasteiger partial charge in [-0.05, 0) is 19.8 Å². The van der Waals surface area contributed by atoms with Gasteiger partial charge in [-0.2, -0.15) is 0 Å². The van der Waals surface area contributed by atoms with Gasteiger partial charge in [0.25, 0.3) is 5.91 Å². The molecule has 6 heteroatoms. The molecule has 17 heavy (non-hydrogen) atoms. The molecule has 2 rings (SSSR count). The first-order chi connectivity index (χ1) is 8.03. The number of carbonyl (C=O) groups is 1. The fourth-order valence-electron chi connectivity index (χ4n) is 2.16. The fourth-order valence-corrected chi connectivity index (χ4v) is 3.08. The Kier molecular flexibility index (Phi) is 3.44. The van der Waals surface area contributed by atoms with E-state index >= 15 is 0 Å². The second-order valence-corrected chi connectivity index (χ2v) is 6.03. The normalized spacial score (nSPS) is 17.9. The highest BCUT2D eigenvalue weighted by molar-refractivity contribution is 7.80. The summed E-state index contributed by atoms with van der Waals surface area (Å²) in [6, 6.07) is 0. The van der Waals surface area contributed by atoms with Crippen molar-refractivity contribution in [3.05, 3.63) is 16.1 Å². The summed E-state index contributed by atoms with van der Waals surface area (Å²) >= 11 is 6.47. The van der Waals surface area contributed by atoms with E-state index in [-0.39, 0.29) is 5.91 Å². The summed E-state index contributed by atoms with van der Waals surface area (Å²) in [5.41, 5.74) is 5.29. The number of thiocarbonyl (C=S) groups is 1. The van der Waals surface area contributed by atoms with Crippen LogP contribution in [0.25, 0.3) is 0 Å². The van der Waals surface area contributed by atoms with Gasteiger partial charge in [-0.25, -0.2) is 4.98 Å². The predicted octanol–water partition coefficient (Wildman–Crippen LogP) is 1.78. The molecule has 0 radical (unpaired) electrons. The van der Waals surface area contributed by atoms with E-state index in [0.717, 1.165) is 30.7 Å². The van der Waals surface area contributed by atoms with Gasteiger partial charge in [-0.15, -0.1) is 11.3 Å². The molecule has 1 heterocycles. The molecule has 4 nitrogen and oxygen atoms in total. The van der Waals surface area contributed by atoms with Crippen LogP contribution in [0.15, 0.2) is 6.20 Å². The van der Waals surface area contributed by atoms with E-state index in [1.165, 1.54) is 11.3 Å². The summed E-state index contributed by atoms with van der Waals surface area (Å²) in [5, 5.41) is 3.87. The standard InChI is InChI=1S/C11H15N3OS2/c1-7-13-6-8(17-7)9(15)14-11(10(12)16)4-2-3-5-11/h6H,2-5H2,1H3,(H2,12,16)(H,14,15). The lowest BCUT2D eigenvalue weighted by molar-refractivity contribution is 0.0928. The van der Waals surface area contributed by atoms with Gasteiger partial charge < -0.3 is 11.1 Å². The van der Waals surface area contributed by atoms with Crippen molar-refractivity contribution >= 4 is 34.5 Å². The van der Waals surface area contributed by atoms with Gasteiger partial charge in [0.1, 0.15) is 4.88 Å². The molecule has 1 fully saturated rings. The van der Waals surface area contributed by atoms with Crippen molar-refractivity contribution in [1.29, 1.82) is 0 Å². The average Bonchev–Trinajstić information content (AvgIpc) is 2.87. The number of carbonyl (C=O) groups excluding carboxylic acids is 1. The van der Waals surface area contributed by atoms with Crippen LogP contribution in [0.5, 0.6) is 0 Å². The number of thiazole rings is 1. The SMILES string of the molecule is Cc1ncc(C(=O)NC2(C(N)=S)CCCC2)s1. The summed E-state index contributed by atoms with van der Waals surface area (Å²) < 4.78 is 0. The molecule has 0 saturated heterocycles. The van der Waals surface area contributed by atoms with Crippen LogP contribution in [-0.4, -0.2) is 21.4 Å². The molecule has 0 aromatic carbocycles. The largest absolute Gasteiger partial charge is 0.391 e. The van der Waals surface area contributed by atoms with E-state index in [0.29, 0.717) is 9.87 Å². The summed E-state index contributed by atoms with van der Waals surface area (Å²) in [6.07, 6.45) is 5.38. The van der Waals surface area contributed by atoms with Gasteiger partial charge in [-0.1, -0.05) is 25.1 Å². The Bertz CT molecular complexity index is 449. The van der Waals surface area contributed by atoms with E-state index in [1.807, 2.05) is 6.92 Å².